The molecule has 1 aliphatic rings. The quantitative estimate of drug-likeness (QED) is 0.512. The first-order chi connectivity index (χ1) is 14.8. The highest BCUT2D eigenvalue weighted by molar-refractivity contribution is 8.16. The van der Waals surface area contributed by atoms with Crippen LogP contribution in [0.4, 0.5) is 5.69 Å². The lowest BCUT2D eigenvalue weighted by Gasteiger charge is -2.17. The summed E-state index contributed by atoms with van der Waals surface area (Å²) < 4.78 is 5.76. The van der Waals surface area contributed by atoms with Gasteiger partial charge in [-0.15, -0.1) is 0 Å². The third-order valence-corrected chi connectivity index (χ3v) is 5.90. The molecule has 31 heavy (non-hydrogen) atoms. The smallest absolute Gasteiger partial charge is 0.237 e. The van der Waals surface area contributed by atoms with Gasteiger partial charge < -0.3 is 9.64 Å². The zero-order valence-corrected chi connectivity index (χ0v) is 19.8. The van der Waals surface area contributed by atoms with E-state index in [4.69, 9.17) is 14.7 Å². The summed E-state index contributed by atoms with van der Waals surface area (Å²) in [4.78, 5) is 24.0. The molecule has 1 amide bonds. The summed E-state index contributed by atoms with van der Waals surface area (Å²) in [7, 11) is 1.81. The number of rotatable bonds is 8. The number of nitrogens with zero attached hydrogens (tertiary/aromatic N) is 3. The number of aliphatic imine (C=N–C) groups is 2. The molecule has 0 saturated carbocycles. The first-order valence-corrected chi connectivity index (χ1v) is 11.7. The molecule has 0 radical (unpaired) electrons. The van der Waals surface area contributed by atoms with E-state index in [-0.39, 0.29) is 5.91 Å². The minimum absolute atomic E-state index is 0.0297. The second kappa shape index (κ2) is 10.1. The van der Waals surface area contributed by atoms with Crippen LogP contribution in [0.25, 0.3) is 0 Å². The standard InChI is InChI=1S/C25H31N3O2S/c1-6-7-15-30-21-13-11-19(12-14-21)23-24(27-25(3,4)26-23)31-17-22(29)28(5)20-10-8-9-18(2)16-20/h8-14,16H,6-7,15,17H2,1-5H3. The maximum absolute atomic E-state index is 12.8. The lowest BCUT2D eigenvalue weighted by molar-refractivity contribution is -0.115. The number of carbonyl (C=O) groups is 1. The van der Waals surface area contributed by atoms with Crippen LogP contribution in [0, 0.1) is 6.92 Å². The van der Waals surface area contributed by atoms with E-state index < -0.39 is 5.66 Å². The monoisotopic (exact) mass is 437 g/mol. The highest BCUT2D eigenvalue weighted by atomic mass is 32.2. The molecule has 0 aliphatic carbocycles. The Morgan fingerprint density at radius 1 is 1.13 bits per heavy atom. The molecule has 5 nitrogen and oxygen atoms in total. The van der Waals surface area contributed by atoms with Crippen LogP contribution in [0.5, 0.6) is 5.75 Å². The van der Waals surface area contributed by atoms with Crippen molar-refractivity contribution in [3.63, 3.8) is 0 Å². The molecule has 2 aromatic carbocycles. The molecule has 0 unspecified atom stereocenters. The molecule has 0 spiro atoms. The lowest BCUT2D eigenvalue weighted by atomic mass is 10.1. The van der Waals surface area contributed by atoms with Crippen LogP contribution in [0.1, 0.15) is 44.7 Å². The fourth-order valence-corrected chi connectivity index (χ4v) is 4.23. The molecule has 0 saturated heterocycles. The van der Waals surface area contributed by atoms with Gasteiger partial charge in [0.25, 0.3) is 0 Å². The Morgan fingerprint density at radius 2 is 1.87 bits per heavy atom. The molecule has 164 valence electrons. The van der Waals surface area contributed by atoms with E-state index in [1.165, 1.54) is 11.8 Å². The van der Waals surface area contributed by atoms with Gasteiger partial charge in [0.2, 0.25) is 5.91 Å². The highest BCUT2D eigenvalue weighted by Gasteiger charge is 2.29. The van der Waals surface area contributed by atoms with Crippen molar-refractivity contribution in [1.29, 1.82) is 0 Å². The minimum atomic E-state index is -0.528. The summed E-state index contributed by atoms with van der Waals surface area (Å²) in [6.45, 7) is 8.85. The van der Waals surface area contributed by atoms with E-state index in [1.54, 1.807) is 4.90 Å². The average molecular weight is 438 g/mol. The fourth-order valence-electron chi connectivity index (χ4n) is 3.19. The number of amides is 1. The third kappa shape index (κ3) is 6.20. The van der Waals surface area contributed by atoms with Crippen molar-refractivity contribution in [2.45, 2.75) is 46.2 Å². The Kier molecular flexibility index (Phi) is 7.55. The zero-order valence-electron chi connectivity index (χ0n) is 19.0. The molecule has 1 aliphatic heterocycles. The predicted molar refractivity (Wildman–Crippen MR) is 132 cm³/mol. The number of anilines is 1. The molecule has 0 N–H and O–H groups in total. The predicted octanol–water partition coefficient (Wildman–Crippen LogP) is 5.51. The lowest BCUT2D eigenvalue weighted by Crippen LogP contribution is -2.28. The number of thioether (sulfide) groups is 1. The van der Waals surface area contributed by atoms with Gasteiger partial charge in [0.15, 0.2) is 0 Å². The van der Waals surface area contributed by atoms with E-state index >= 15 is 0 Å². The summed E-state index contributed by atoms with van der Waals surface area (Å²) in [6, 6.07) is 15.9. The second-order valence-corrected chi connectivity index (χ2v) is 9.14. The molecule has 0 bridgehead atoms. The van der Waals surface area contributed by atoms with Crippen molar-refractivity contribution in [2.75, 3.05) is 24.3 Å². The summed E-state index contributed by atoms with van der Waals surface area (Å²) in [5.41, 5.74) is 3.31. The van der Waals surface area contributed by atoms with E-state index in [0.717, 1.165) is 52.8 Å². The molecule has 1 heterocycles. The van der Waals surface area contributed by atoms with Crippen LogP contribution in [0.3, 0.4) is 0 Å². The number of hydrogen-bond donors (Lipinski definition) is 0. The van der Waals surface area contributed by atoms with Gasteiger partial charge in [0.05, 0.1) is 18.1 Å². The second-order valence-electron chi connectivity index (χ2n) is 8.18. The summed E-state index contributed by atoms with van der Waals surface area (Å²) in [6.07, 6.45) is 2.15. The molecule has 0 aromatic heterocycles. The van der Waals surface area contributed by atoms with Gasteiger partial charge in [-0.25, -0.2) is 4.99 Å². The van der Waals surface area contributed by atoms with Crippen molar-refractivity contribution in [1.82, 2.24) is 0 Å². The van der Waals surface area contributed by atoms with E-state index in [0.29, 0.717) is 5.75 Å². The maximum atomic E-state index is 12.8. The molecular formula is C25H31N3O2S. The number of aryl methyl sites for hydroxylation is 1. The van der Waals surface area contributed by atoms with Crippen molar-refractivity contribution in [2.24, 2.45) is 9.98 Å². The number of unbranched alkanes of at least 4 members (excludes halogenated alkanes) is 1. The van der Waals surface area contributed by atoms with Crippen molar-refractivity contribution < 1.29 is 9.53 Å². The topological polar surface area (TPSA) is 54.3 Å². The van der Waals surface area contributed by atoms with E-state index in [1.807, 2.05) is 76.3 Å². The van der Waals surface area contributed by atoms with Gasteiger partial charge in [-0.05, 0) is 69.2 Å². The van der Waals surface area contributed by atoms with Gasteiger partial charge in [-0.1, -0.05) is 37.2 Å². The summed E-state index contributed by atoms with van der Waals surface area (Å²) in [5.74, 6) is 1.19. The van der Waals surface area contributed by atoms with Crippen LogP contribution in [-0.4, -0.2) is 41.7 Å². The van der Waals surface area contributed by atoms with Crippen LogP contribution >= 0.6 is 11.8 Å². The Morgan fingerprint density at radius 3 is 2.55 bits per heavy atom. The molecule has 3 rings (SSSR count). The van der Waals surface area contributed by atoms with Crippen LogP contribution < -0.4 is 9.64 Å². The van der Waals surface area contributed by atoms with Crippen molar-refractivity contribution in [3.8, 4) is 5.75 Å². The normalized spacial score (nSPS) is 14.7. The van der Waals surface area contributed by atoms with Crippen LogP contribution in [0.2, 0.25) is 0 Å². The van der Waals surface area contributed by atoms with Gasteiger partial charge >= 0.3 is 0 Å². The largest absolute Gasteiger partial charge is 0.494 e. The Balaban J connectivity index is 1.67. The van der Waals surface area contributed by atoms with Crippen LogP contribution in [0.15, 0.2) is 58.5 Å². The van der Waals surface area contributed by atoms with Gasteiger partial charge in [-0.2, -0.15) is 0 Å². The average Bonchev–Trinajstić information content (AvgIpc) is 3.06. The van der Waals surface area contributed by atoms with Crippen molar-refractivity contribution in [3.05, 3.63) is 59.7 Å². The number of hydrogen-bond acceptors (Lipinski definition) is 5. The fraction of sp³-hybridized carbons (Fsp3) is 0.400. The molecule has 2 aromatic rings. The summed E-state index contributed by atoms with van der Waals surface area (Å²) >= 11 is 1.44. The highest BCUT2D eigenvalue weighted by Crippen LogP contribution is 2.28. The third-order valence-electron chi connectivity index (χ3n) is 4.95. The molecule has 6 heteroatoms. The van der Waals surface area contributed by atoms with Gasteiger partial charge in [-0.3, -0.25) is 9.79 Å². The van der Waals surface area contributed by atoms with Crippen molar-refractivity contribution >= 4 is 34.1 Å². The van der Waals surface area contributed by atoms with E-state index in [2.05, 4.69) is 6.92 Å². The van der Waals surface area contributed by atoms with E-state index in [9.17, 15) is 4.79 Å². The Hall–Kier alpha value is -2.60. The minimum Gasteiger partial charge on any atom is -0.494 e. The first-order valence-electron chi connectivity index (χ1n) is 10.7. The first kappa shape index (κ1) is 23.1. The molecular weight excluding hydrogens is 406 g/mol. The van der Waals surface area contributed by atoms with Gasteiger partial charge in [0, 0.05) is 18.3 Å². The molecule has 0 fully saturated rings. The summed E-state index contributed by atoms with van der Waals surface area (Å²) in [5, 5.41) is 0.802. The zero-order chi connectivity index (χ0) is 22.4. The number of carbonyl (C=O) groups excluding carboxylic acids is 1. The van der Waals surface area contributed by atoms with Gasteiger partial charge in [0.1, 0.15) is 16.5 Å². The van der Waals surface area contributed by atoms with Crippen LogP contribution in [-0.2, 0) is 4.79 Å². The SMILES string of the molecule is CCCCOc1ccc(C2=NC(C)(C)N=C2SCC(=O)N(C)c2cccc(C)c2)cc1. The Labute approximate surface area is 189 Å². The number of benzene rings is 2. The molecule has 0 atom stereocenters. The Bertz CT molecular complexity index is 981. The number of ether oxygens (including phenoxy) is 1. The maximum Gasteiger partial charge on any atom is 0.237 e.